The summed E-state index contributed by atoms with van der Waals surface area (Å²) in [5.41, 5.74) is 2.83. The van der Waals surface area contributed by atoms with Gasteiger partial charge in [0, 0.05) is 12.0 Å². The molecule has 1 saturated heterocycles. The van der Waals surface area contributed by atoms with Crippen molar-refractivity contribution in [2.24, 2.45) is 0 Å². The minimum Gasteiger partial charge on any atom is -0.490 e. The quantitative estimate of drug-likeness (QED) is 0.571. The maximum Gasteiger partial charge on any atom is 0.332 e. The smallest absolute Gasteiger partial charge is 0.332 e. The molecule has 0 spiro atoms. The van der Waals surface area contributed by atoms with Gasteiger partial charge >= 0.3 is 5.97 Å². The number of ketones is 2. The number of carboxylic acid groups (broad SMARTS) is 1. The van der Waals surface area contributed by atoms with Gasteiger partial charge in [-0.25, -0.2) is 4.79 Å². The molecular weight excluding hydrogens is 468 g/mol. The first-order valence-electron chi connectivity index (χ1n) is 11.5. The zero-order valence-corrected chi connectivity index (χ0v) is 19.4. The van der Waals surface area contributed by atoms with Crippen LogP contribution in [0.25, 0.3) is 0 Å². The van der Waals surface area contributed by atoms with E-state index in [1.807, 2.05) is 6.07 Å². The highest BCUT2D eigenvalue weighted by molar-refractivity contribution is 6.13. The molecular formula is C27H24O9. The molecule has 0 saturated carbocycles. The number of aliphatic hydroxyl groups is 1. The van der Waals surface area contributed by atoms with Crippen molar-refractivity contribution >= 4 is 17.5 Å². The largest absolute Gasteiger partial charge is 0.490 e. The summed E-state index contributed by atoms with van der Waals surface area (Å²) in [7, 11) is 0. The van der Waals surface area contributed by atoms with Gasteiger partial charge in [-0.05, 0) is 54.3 Å². The summed E-state index contributed by atoms with van der Waals surface area (Å²) in [5.74, 6) is -1.20. The third kappa shape index (κ3) is 4.68. The first kappa shape index (κ1) is 23.9. The average molecular weight is 492 g/mol. The number of fused-ring (bicyclic) bond motifs is 2. The Morgan fingerprint density at radius 3 is 2.06 bits per heavy atom. The molecule has 3 aliphatic rings. The molecule has 0 amide bonds. The van der Waals surface area contributed by atoms with Crippen LogP contribution in [-0.2, 0) is 27.1 Å². The van der Waals surface area contributed by atoms with Crippen molar-refractivity contribution in [1.82, 2.24) is 0 Å². The van der Waals surface area contributed by atoms with Crippen molar-refractivity contribution in [3.8, 4) is 11.5 Å². The normalized spacial score (nSPS) is 21.4. The second-order valence-corrected chi connectivity index (χ2v) is 8.80. The number of carbonyl (C=O) groups is 3. The number of hydrogen-bond acceptors (Lipinski definition) is 8. The number of carboxylic acids is 1. The van der Waals surface area contributed by atoms with Gasteiger partial charge in [0.05, 0.1) is 11.1 Å². The molecule has 2 N–H and O–H groups in total. The summed E-state index contributed by atoms with van der Waals surface area (Å²) in [6.07, 6.45) is 1.35. The number of benzene rings is 2. The van der Waals surface area contributed by atoms with Crippen LogP contribution in [0.5, 0.6) is 11.5 Å². The number of hydrogen-bond donors (Lipinski definition) is 2. The van der Waals surface area contributed by atoms with Crippen molar-refractivity contribution in [3.63, 3.8) is 0 Å². The van der Waals surface area contributed by atoms with E-state index in [0.717, 1.165) is 17.2 Å². The molecule has 1 aliphatic heterocycles. The van der Waals surface area contributed by atoms with E-state index in [9.17, 15) is 24.6 Å². The van der Waals surface area contributed by atoms with Crippen LogP contribution in [0.1, 0.15) is 38.8 Å². The summed E-state index contributed by atoms with van der Waals surface area (Å²) in [6.45, 7) is 1.48. The number of allylic oxidation sites excluding steroid dienone is 2. The Hall–Kier alpha value is -3.79. The number of rotatable bonds is 8. The van der Waals surface area contributed by atoms with Gasteiger partial charge in [-0.15, -0.1) is 0 Å². The van der Waals surface area contributed by atoms with Crippen LogP contribution < -0.4 is 9.47 Å². The van der Waals surface area contributed by atoms with Gasteiger partial charge in [-0.2, -0.15) is 0 Å². The van der Waals surface area contributed by atoms with Crippen LogP contribution >= 0.6 is 0 Å². The van der Waals surface area contributed by atoms with Gasteiger partial charge in [0.25, 0.3) is 0 Å². The van der Waals surface area contributed by atoms with Crippen molar-refractivity contribution < 1.29 is 43.5 Å². The molecule has 5 rings (SSSR count). The lowest BCUT2D eigenvalue weighted by Crippen LogP contribution is -2.41. The first-order valence-corrected chi connectivity index (χ1v) is 11.5. The van der Waals surface area contributed by atoms with Crippen LogP contribution in [0.4, 0.5) is 0 Å². The minimum atomic E-state index is -1.14. The molecule has 2 aliphatic carbocycles. The summed E-state index contributed by atoms with van der Waals surface area (Å²) >= 11 is 0. The lowest BCUT2D eigenvalue weighted by atomic mass is 9.89. The Morgan fingerprint density at radius 1 is 0.944 bits per heavy atom. The molecule has 36 heavy (non-hydrogen) atoms. The monoisotopic (exact) mass is 492 g/mol. The molecule has 1 atom stereocenters. The maximum absolute atomic E-state index is 12.8. The van der Waals surface area contributed by atoms with Crippen LogP contribution in [0, 0.1) is 0 Å². The molecule has 2 aromatic carbocycles. The molecule has 1 heterocycles. The summed E-state index contributed by atoms with van der Waals surface area (Å²) < 4.78 is 22.5. The van der Waals surface area contributed by atoms with Gasteiger partial charge in [-0.3, -0.25) is 9.59 Å². The van der Waals surface area contributed by atoms with Crippen LogP contribution in [0.2, 0.25) is 0 Å². The van der Waals surface area contributed by atoms with E-state index in [2.05, 4.69) is 0 Å². The Morgan fingerprint density at radius 2 is 1.50 bits per heavy atom. The lowest BCUT2D eigenvalue weighted by Gasteiger charge is -2.36. The fraction of sp³-hybridized carbons (Fsp3) is 0.296. The van der Waals surface area contributed by atoms with E-state index in [0.29, 0.717) is 23.3 Å². The van der Waals surface area contributed by atoms with Crippen LogP contribution in [-0.4, -0.2) is 59.6 Å². The van der Waals surface area contributed by atoms with Gasteiger partial charge in [0.15, 0.2) is 24.1 Å². The van der Waals surface area contributed by atoms with E-state index in [1.165, 1.54) is 6.08 Å². The maximum atomic E-state index is 12.8. The van der Waals surface area contributed by atoms with Crippen LogP contribution in [0.15, 0.2) is 59.7 Å². The summed E-state index contributed by atoms with van der Waals surface area (Å²) in [5, 5.41) is 19.6. The van der Waals surface area contributed by atoms with E-state index in [-0.39, 0.29) is 48.6 Å². The van der Waals surface area contributed by atoms with Crippen molar-refractivity contribution in [1.29, 1.82) is 0 Å². The second kappa shape index (κ2) is 9.69. The summed E-state index contributed by atoms with van der Waals surface area (Å²) in [6, 6.07) is 10.2. The highest BCUT2D eigenvalue weighted by Gasteiger charge is 2.34. The van der Waals surface area contributed by atoms with Gasteiger partial charge in [-0.1, -0.05) is 24.3 Å². The summed E-state index contributed by atoms with van der Waals surface area (Å²) in [4.78, 5) is 36.5. The van der Waals surface area contributed by atoms with Crippen molar-refractivity contribution in [3.05, 3.63) is 82.0 Å². The molecule has 1 unspecified atom stereocenters. The minimum absolute atomic E-state index is 0.0167. The van der Waals surface area contributed by atoms with E-state index in [1.54, 1.807) is 37.3 Å². The van der Waals surface area contributed by atoms with Crippen molar-refractivity contribution in [2.45, 2.75) is 38.4 Å². The molecule has 186 valence electrons. The predicted molar refractivity (Wildman–Crippen MR) is 125 cm³/mol. The molecule has 0 radical (unpaired) electrons. The zero-order chi connectivity index (χ0) is 25.4. The third-order valence-electron chi connectivity index (χ3n) is 6.19. The standard InChI is InChI=1S/C27H24O9/c1-14-35-27(36-14)18-9-16-5-3-7-23(25(16)21(30)11-18)34-13-19(28)12-33-22-6-2-4-15-8-17(26(31)32)10-20(29)24(15)22/h2-7,10-11,14,19,27-28H,8-9,12-13H2,1H3,(H,31,32). The van der Waals surface area contributed by atoms with Gasteiger partial charge < -0.3 is 29.2 Å². The van der Waals surface area contributed by atoms with Crippen molar-refractivity contribution in [2.75, 3.05) is 13.2 Å². The Kier molecular flexibility index (Phi) is 6.44. The molecule has 9 nitrogen and oxygen atoms in total. The molecule has 9 heteroatoms. The van der Waals surface area contributed by atoms with Gasteiger partial charge in [0.2, 0.25) is 0 Å². The topological polar surface area (TPSA) is 129 Å². The lowest BCUT2D eigenvalue weighted by molar-refractivity contribution is -0.359. The first-order chi connectivity index (χ1) is 17.3. The number of aliphatic hydroxyl groups excluding tert-OH is 1. The van der Waals surface area contributed by atoms with Gasteiger partial charge in [0.1, 0.15) is 30.8 Å². The predicted octanol–water partition coefficient (Wildman–Crippen LogP) is 2.64. The van der Waals surface area contributed by atoms with E-state index in [4.69, 9.17) is 18.9 Å². The SMILES string of the molecule is CC1OC(C2=CC(=O)c3c(cccc3OCC(O)COc3cccc4c3C(=O)C=C(C(=O)O)C4)C2)O1. The molecule has 2 aromatic rings. The molecule has 0 bridgehead atoms. The Labute approximate surface area is 206 Å². The van der Waals surface area contributed by atoms with E-state index < -0.39 is 24.1 Å². The Balaban J connectivity index is 1.21. The fourth-order valence-electron chi connectivity index (χ4n) is 4.49. The number of ether oxygens (including phenoxy) is 4. The highest BCUT2D eigenvalue weighted by atomic mass is 16.9. The molecule has 0 aromatic heterocycles. The molecule has 1 fully saturated rings. The third-order valence-corrected chi connectivity index (χ3v) is 6.19. The highest BCUT2D eigenvalue weighted by Crippen LogP contribution is 2.34. The van der Waals surface area contributed by atoms with Crippen LogP contribution in [0.3, 0.4) is 0 Å². The van der Waals surface area contributed by atoms with E-state index >= 15 is 0 Å². The fourth-order valence-corrected chi connectivity index (χ4v) is 4.49. The number of aliphatic carboxylic acids is 1. The zero-order valence-electron chi connectivity index (χ0n) is 19.4. The average Bonchev–Trinajstić information content (AvgIpc) is 2.83. The Bertz CT molecular complexity index is 1300. The number of carbonyl (C=O) groups excluding carboxylic acids is 2. The second-order valence-electron chi connectivity index (χ2n) is 8.80.